The molecule has 0 radical (unpaired) electrons. The maximum Gasteiger partial charge on any atom is 0.239 e. The van der Waals surface area contributed by atoms with Gasteiger partial charge in [-0.25, -0.2) is 0 Å². The molecule has 0 aliphatic carbocycles. The summed E-state index contributed by atoms with van der Waals surface area (Å²) in [5.41, 5.74) is 2.45. The minimum atomic E-state index is -0.102. The molecule has 1 N–H and O–H groups in total. The molecule has 0 aromatic heterocycles. The Balaban J connectivity index is 2.16. The number of carbonyl (C=O) groups is 2. The second-order valence-electron chi connectivity index (χ2n) is 6.51. The Bertz CT molecular complexity index is 549. The largest absolute Gasteiger partial charge is 0.355 e. The first-order chi connectivity index (χ1) is 10.3. The predicted molar refractivity (Wildman–Crippen MR) is 90.7 cm³/mol. The fourth-order valence-corrected chi connectivity index (χ4v) is 3.64. The second-order valence-corrected chi connectivity index (χ2v) is 7.58. The van der Waals surface area contributed by atoms with Gasteiger partial charge in [-0.1, -0.05) is 45.0 Å². The van der Waals surface area contributed by atoms with Gasteiger partial charge in [-0.05, 0) is 23.5 Å². The molecular weight excluding hydrogens is 296 g/mol. The van der Waals surface area contributed by atoms with Crippen LogP contribution in [0.15, 0.2) is 24.3 Å². The van der Waals surface area contributed by atoms with E-state index in [2.05, 4.69) is 50.4 Å². The van der Waals surface area contributed by atoms with Crippen LogP contribution in [0.3, 0.4) is 0 Å². The average molecular weight is 320 g/mol. The van der Waals surface area contributed by atoms with Crippen molar-refractivity contribution in [3.8, 4) is 0 Å². The van der Waals surface area contributed by atoms with Crippen molar-refractivity contribution in [1.82, 2.24) is 10.2 Å². The molecule has 1 aliphatic heterocycles. The van der Waals surface area contributed by atoms with Gasteiger partial charge in [0, 0.05) is 6.54 Å². The first-order valence-electron chi connectivity index (χ1n) is 7.61. The summed E-state index contributed by atoms with van der Waals surface area (Å²) < 4.78 is 0. The molecule has 0 saturated carbocycles. The molecule has 1 aromatic rings. The standard InChI is InChI=1S/C17H24N2O2S/c1-5-18-14(20)10-19-15(21)11-22-16(19)12-6-8-13(9-7-12)17(2,3)4/h6-9,16H,5,10-11H2,1-4H3,(H,18,20)/t16-/m1/s1. The third kappa shape index (κ3) is 3.83. The maximum absolute atomic E-state index is 12.0. The van der Waals surface area contributed by atoms with E-state index < -0.39 is 0 Å². The number of benzene rings is 1. The third-order valence-corrected chi connectivity index (χ3v) is 4.97. The predicted octanol–water partition coefficient (Wildman–Crippen LogP) is 2.69. The number of nitrogens with zero attached hydrogens (tertiary/aromatic N) is 1. The van der Waals surface area contributed by atoms with Crippen molar-refractivity contribution in [2.24, 2.45) is 0 Å². The molecule has 1 atom stereocenters. The topological polar surface area (TPSA) is 49.4 Å². The van der Waals surface area contributed by atoms with Crippen molar-refractivity contribution in [2.45, 2.75) is 38.5 Å². The van der Waals surface area contributed by atoms with Crippen LogP contribution in [-0.4, -0.2) is 35.6 Å². The molecule has 2 amide bonds. The first kappa shape index (κ1) is 16.9. The third-order valence-electron chi connectivity index (χ3n) is 3.72. The van der Waals surface area contributed by atoms with Crippen LogP contribution < -0.4 is 5.32 Å². The van der Waals surface area contributed by atoms with Crippen LogP contribution in [0.5, 0.6) is 0 Å². The number of thioether (sulfide) groups is 1. The van der Waals surface area contributed by atoms with Gasteiger partial charge in [-0.2, -0.15) is 0 Å². The van der Waals surface area contributed by atoms with E-state index in [-0.39, 0.29) is 29.1 Å². The van der Waals surface area contributed by atoms with Gasteiger partial charge >= 0.3 is 0 Å². The number of hydrogen-bond acceptors (Lipinski definition) is 3. The summed E-state index contributed by atoms with van der Waals surface area (Å²) in [6, 6.07) is 8.37. The van der Waals surface area contributed by atoms with Crippen molar-refractivity contribution >= 4 is 23.6 Å². The Morgan fingerprint density at radius 2 is 1.95 bits per heavy atom. The number of rotatable bonds is 4. The van der Waals surface area contributed by atoms with Crippen LogP contribution in [0.2, 0.25) is 0 Å². The van der Waals surface area contributed by atoms with Crippen LogP contribution in [0, 0.1) is 0 Å². The van der Waals surface area contributed by atoms with E-state index in [1.165, 1.54) is 5.56 Å². The molecule has 1 fully saturated rings. The maximum atomic E-state index is 12.0. The Morgan fingerprint density at radius 1 is 1.32 bits per heavy atom. The number of likely N-dealkylation sites (N-methyl/N-ethyl adjacent to an activating group) is 1. The summed E-state index contributed by atoms with van der Waals surface area (Å²) in [5.74, 6) is 0.362. The fraction of sp³-hybridized carbons (Fsp3) is 0.529. The van der Waals surface area contributed by atoms with Gasteiger partial charge < -0.3 is 10.2 Å². The second kappa shape index (κ2) is 6.73. The lowest BCUT2D eigenvalue weighted by Crippen LogP contribution is -2.39. The summed E-state index contributed by atoms with van der Waals surface area (Å²) in [5, 5.41) is 2.69. The number of amides is 2. The zero-order valence-corrected chi connectivity index (χ0v) is 14.5. The Hall–Kier alpha value is -1.49. The highest BCUT2D eigenvalue weighted by Gasteiger charge is 2.34. The van der Waals surface area contributed by atoms with E-state index in [0.29, 0.717) is 12.3 Å². The zero-order chi connectivity index (χ0) is 16.3. The van der Waals surface area contributed by atoms with E-state index in [4.69, 9.17) is 0 Å². The van der Waals surface area contributed by atoms with Crippen LogP contribution in [-0.2, 0) is 15.0 Å². The van der Waals surface area contributed by atoms with Crippen molar-refractivity contribution in [2.75, 3.05) is 18.8 Å². The molecule has 1 aliphatic rings. The quantitative estimate of drug-likeness (QED) is 0.928. The Labute approximate surface area is 136 Å². The SMILES string of the molecule is CCNC(=O)CN1C(=O)CS[C@@H]1c1ccc(C(C)(C)C)cc1. The van der Waals surface area contributed by atoms with Crippen LogP contribution in [0.4, 0.5) is 0 Å². The normalized spacial score (nSPS) is 18.6. The van der Waals surface area contributed by atoms with Gasteiger partial charge in [0.1, 0.15) is 11.9 Å². The minimum absolute atomic E-state index is 0.0288. The monoisotopic (exact) mass is 320 g/mol. The van der Waals surface area contributed by atoms with Gasteiger partial charge in [0.15, 0.2) is 0 Å². The van der Waals surface area contributed by atoms with Gasteiger partial charge in [-0.15, -0.1) is 11.8 Å². The van der Waals surface area contributed by atoms with E-state index >= 15 is 0 Å². The summed E-state index contributed by atoms with van der Waals surface area (Å²) in [6.45, 7) is 9.12. The molecule has 5 heteroatoms. The molecule has 2 rings (SSSR count). The lowest BCUT2D eigenvalue weighted by atomic mass is 9.87. The van der Waals surface area contributed by atoms with Crippen molar-refractivity contribution < 1.29 is 9.59 Å². The minimum Gasteiger partial charge on any atom is -0.355 e. The van der Waals surface area contributed by atoms with Crippen LogP contribution in [0.25, 0.3) is 0 Å². The molecule has 1 aromatic carbocycles. The van der Waals surface area contributed by atoms with Crippen molar-refractivity contribution in [3.63, 3.8) is 0 Å². The molecule has 1 saturated heterocycles. The molecular formula is C17H24N2O2S. The molecule has 0 unspecified atom stereocenters. The van der Waals surface area contributed by atoms with Crippen molar-refractivity contribution in [3.05, 3.63) is 35.4 Å². The van der Waals surface area contributed by atoms with Gasteiger partial charge in [0.25, 0.3) is 0 Å². The summed E-state index contributed by atoms with van der Waals surface area (Å²) in [6.07, 6.45) is 0. The van der Waals surface area contributed by atoms with Gasteiger partial charge in [0.05, 0.1) is 5.75 Å². The zero-order valence-electron chi connectivity index (χ0n) is 13.7. The molecule has 0 bridgehead atoms. The molecule has 4 nitrogen and oxygen atoms in total. The van der Waals surface area contributed by atoms with E-state index in [9.17, 15) is 9.59 Å². The summed E-state index contributed by atoms with van der Waals surface area (Å²) in [4.78, 5) is 25.5. The smallest absolute Gasteiger partial charge is 0.239 e. The van der Waals surface area contributed by atoms with E-state index in [1.54, 1.807) is 16.7 Å². The molecule has 0 spiro atoms. The average Bonchev–Trinajstić information content (AvgIpc) is 2.80. The summed E-state index contributed by atoms with van der Waals surface area (Å²) in [7, 11) is 0. The van der Waals surface area contributed by atoms with Gasteiger partial charge in [0.2, 0.25) is 11.8 Å². The molecule has 22 heavy (non-hydrogen) atoms. The van der Waals surface area contributed by atoms with Crippen LogP contribution >= 0.6 is 11.8 Å². The first-order valence-corrected chi connectivity index (χ1v) is 8.66. The number of hydrogen-bond donors (Lipinski definition) is 1. The number of nitrogens with one attached hydrogen (secondary N) is 1. The highest BCUT2D eigenvalue weighted by molar-refractivity contribution is 8.00. The summed E-state index contributed by atoms with van der Waals surface area (Å²) >= 11 is 1.58. The highest BCUT2D eigenvalue weighted by atomic mass is 32.2. The fourth-order valence-electron chi connectivity index (χ4n) is 2.46. The van der Waals surface area contributed by atoms with E-state index in [0.717, 1.165) is 5.56 Å². The lowest BCUT2D eigenvalue weighted by molar-refractivity contribution is -0.133. The lowest BCUT2D eigenvalue weighted by Gasteiger charge is -2.25. The number of carbonyl (C=O) groups excluding carboxylic acids is 2. The highest BCUT2D eigenvalue weighted by Crippen LogP contribution is 2.38. The van der Waals surface area contributed by atoms with Crippen LogP contribution in [0.1, 0.15) is 44.2 Å². The van der Waals surface area contributed by atoms with Gasteiger partial charge in [-0.3, -0.25) is 9.59 Å². The Kier molecular flexibility index (Phi) is 5.16. The molecule has 120 valence electrons. The van der Waals surface area contributed by atoms with E-state index in [1.807, 2.05) is 6.92 Å². The molecule has 1 heterocycles. The van der Waals surface area contributed by atoms with Crippen molar-refractivity contribution in [1.29, 1.82) is 0 Å². The Morgan fingerprint density at radius 3 is 2.50 bits per heavy atom.